The topological polar surface area (TPSA) is 15.8 Å². The summed E-state index contributed by atoms with van der Waals surface area (Å²) < 4.78 is 0. The SMILES string of the molecule is CCc1c[nH]c2ccc(C#Cc3cccs3)cc12. The van der Waals surface area contributed by atoms with E-state index in [1.54, 1.807) is 11.3 Å². The first-order valence-electron chi connectivity index (χ1n) is 6.02. The number of benzene rings is 1. The lowest BCUT2D eigenvalue weighted by molar-refractivity contribution is 1.15. The zero-order valence-electron chi connectivity index (χ0n) is 10.2. The van der Waals surface area contributed by atoms with E-state index in [1.165, 1.54) is 16.5 Å². The first-order chi connectivity index (χ1) is 8.86. The molecule has 3 rings (SSSR count). The van der Waals surface area contributed by atoms with Gasteiger partial charge in [-0.05, 0) is 41.6 Å². The molecule has 2 aromatic heterocycles. The number of aromatic amines is 1. The molecule has 0 fully saturated rings. The molecule has 18 heavy (non-hydrogen) atoms. The summed E-state index contributed by atoms with van der Waals surface area (Å²) in [6.07, 6.45) is 3.13. The lowest BCUT2D eigenvalue weighted by Crippen LogP contribution is -1.78. The zero-order chi connectivity index (χ0) is 12.4. The van der Waals surface area contributed by atoms with Gasteiger partial charge in [0.2, 0.25) is 0 Å². The van der Waals surface area contributed by atoms with Crippen LogP contribution in [0.25, 0.3) is 10.9 Å². The van der Waals surface area contributed by atoms with Gasteiger partial charge in [-0.25, -0.2) is 0 Å². The fraction of sp³-hybridized carbons (Fsp3) is 0.125. The van der Waals surface area contributed by atoms with E-state index in [1.807, 2.05) is 12.1 Å². The maximum Gasteiger partial charge on any atom is 0.0772 e. The average molecular weight is 251 g/mol. The molecule has 2 heterocycles. The van der Waals surface area contributed by atoms with Crippen molar-refractivity contribution in [3.8, 4) is 11.8 Å². The Balaban J connectivity index is 2.02. The molecule has 0 amide bonds. The monoisotopic (exact) mass is 251 g/mol. The van der Waals surface area contributed by atoms with Crippen molar-refractivity contribution >= 4 is 22.2 Å². The molecule has 1 nitrogen and oxygen atoms in total. The van der Waals surface area contributed by atoms with Crippen LogP contribution in [0.4, 0.5) is 0 Å². The molecule has 0 unspecified atom stereocenters. The summed E-state index contributed by atoms with van der Waals surface area (Å²) in [5, 5.41) is 3.34. The summed E-state index contributed by atoms with van der Waals surface area (Å²) >= 11 is 1.68. The van der Waals surface area contributed by atoms with Gasteiger partial charge in [-0.1, -0.05) is 24.8 Å². The Hall–Kier alpha value is -1.98. The summed E-state index contributed by atoms with van der Waals surface area (Å²) in [6, 6.07) is 10.4. The van der Waals surface area contributed by atoms with Gasteiger partial charge in [-0.2, -0.15) is 0 Å². The molecule has 0 bridgehead atoms. The van der Waals surface area contributed by atoms with E-state index in [0.717, 1.165) is 16.9 Å². The van der Waals surface area contributed by atoms with Crippen LogP contribution in [0.2, 0.25) is 0 Å². The number of aromatic nitrogens is 1. The summed E-state index contributed by atoms with van der Waals surface area (Å²) in [6.45, 7) is 2.17. The van der Waals surface area contributed by atoms with E-state index in [4.69, 9.17) is 0 Å². The van der Waals surface area contributed by atoms with Crippen molar-refractivity contribution in [3.05, 3.63) is 57.9 Å². The first kappa shape index (κ1) is 11.1. The van der Waals surface area contributed by atoms with E-state index in [0.29, 0.717) is 0 Å². The largest absolute Gasteiger partial charge is 0.361 e. The van der Waals surface area contributed by atoms with Crippen LogP contribution in [-0.2, 0) is 6.42 Å². The summed E-state index contributed by atoms with van der Waals surface area (Å²) in [4.78, 5) is 4.40. The Labute approximate surface area is 110 Å². The normalized spacial score (nSPS) is 10.3. The van der Waals surface area contributed by atoms with Crippen molar-refractivity contribution in [1.82, 2.24) is 4.98 Å². The van der Waals surface area contributed by atoms with E-state index in [2.05, 4.69) is 53.5 Å². The second-order valence-corrected chi connectivity index (χ2v) is 5.10. The summed E-state index contributed by atoms with van der Waals surface area (Å²) in [7, 11) is 0. The standard InChI is InChI=1S/C16H13NS/c1-2-13-11-17-16-8-6-12(10-15(13)16)5-7-14-4-3-9-18-14/h3-4,6,8-11,17H,2H2,1H3. The van der Waals surface area contributed by atoms with Gasteiger partial charge >= 0.3 is 0 Å². The van der Waals surface area contributed by atoms with E-state index < -0.39 is 0 Å². The maximum absolute atomic E-state index is 3.29. The Morgan fingerprint density at radius 1 is 1.22 bits per heavy atom. The van der Waals surface area contributed by atoms with Crippen LogP contribution < -0.4 is 0 Å². The van der Waals surface area contributed by atoms with Crippen LogP contribution in [0, 0.1) is 11.8 Å². The Bertz CT molecular complexity index is 723. The van der Waals surface area contributed by atoms with Gasteiger partial charge in [0.25, 0.3) is 0 Å². The van der Waals surface area contributed by atoms with Gasteiger partial charge in [0.05, 0.1) is 4.88 Å². The number of nitrogens with one attached hydrogen (secondary N) is 1. The molecule has 0 spiro atoms. The number of thiophene rings is 1. The van der Waals surface area contributed by atoms with Gasteiger partial charge in [-0.3, -0.25) is 0 Å². The summed E-state index contributed by atoms with van der Waals surface area (Å²) in [5.74, 6) is 6.42. The van der Waals surface area contributed by atoms with Crippen molar-refractivity contribution in [1.29, 1.82) is 0 Å². The van der Waals surface area contributed by atoms with E-state index >= 15 is 0 Å². The maximum atomic E-state index is 3.29. The predicted octanol–water partition coefficient (Wildman–Crippen LogP) is 4.19. The second-order valence-electron chi connectivity index (χ2n) is 4.16. The van der Waals surface area contributed by atoms with Crippen LogP contribution in [0.5, 0.6) is 0 Å². The summed E-state index contributed by atoms with van der Waals surface area (Å²) in [5.41, 5.74) is 3.61. The molecule has 1 aromatic carbocycles. The number of H-pyrrole nitrogens is 1. The van der Waals surface area contributed by atoms with Gasteiger partial charge in [0.15, 0.2) is 0 Å². The molecule has 2 heteroatoms. The first-order valence-corrected chi connectivity index (χ1v) is 6.90. The smallest absolute Gasteiger partial charge is 0.0772 e. The third-order valence-corrected chi connectivity index (χ3v) is 3.78. The minimum absolute atomic E-state index is 1.04. The minimum atomic E-state index is 1.04. The van der Waals surface area contributed by atoms with Gasteiger partial charge in [-0.15, -0.1) is 11.3 Å². The highest BCUT2D eigenvalue weighted by molar-refractivity contribution is 7.10. The van der Waals surface area contributed by atoms with Crippen LogP contribution in [0.15, 0.2) is 41.9 Å². The lowest BCUT2D eigenvalue weighted by Gasteiger charge is -1.95. The molecule has 3 aromatic rings. The molecule has 0 aliphatic carbocycles. The zero-order valence-corrected chi connectivity index (χ0v) is 11.0. The molecular weight excluding hydrogens is 238 g/mol. The lowest BCUT2D eigenvalue weighted by atomic mass is 10.1. The Morgan fingerprint density at radius 2 is 2.17 bits per heavy atom. The van der Waals surface area contributed by atoms with Crippen molar-refractivity contribution in [3.63, 3.8) is 0 Å². The van der Waals surface area contributed by atoms with E-state index in [9.17, 15) is 0 Å². The molecule has 0 atom stereocenters. The number of fused-ring (bicyclic) bond motifs is 1. The fourth-order valence-corrected chi connectivity index (χ4v) is 2.60. The minimum Gasteiger partial charge on any atom is -0.361 e. The Kier molecular flexibility index (Phi) is 2.92. The second kappa shape index (κ2) is 4.72. The third kappa shape index (κ3) is 2.05. The molecule has 0 radical (unpaired) electrons. The van der Waals surface area contributed by atoms with Gasteiger partial charge < -0.3 is 4.98 Å². The quantitative estimate of drug-likeness (QED) is 0.624. The molecule has 0 saturated heterocycles. The van der Waals surface area contributed by atoms with Crippen LogP contribution in [-0.4, -0.2) is 4.98 Å². The molecule has 88 valence electrons. The number of hydrogen-bond acceptors (Lipinski definition) is 1. The fourth-order valence-electron chi connectivity index (χ4n) is 2.03. The van der Waals surface area contributed by atoms with Crippen LogP contribution >= 0.6 is 11.3 Å². The predicted molar refractivity (Wildman–Crippen MR) is 78.0 cm³/mol. The van der Waals surface area contributed by atoms with Crippen molar-refractivity contribution in [2.45, 2.75) is 13.3 Å². The average Bonchev–Trinajstić information content (AvgIpc) is 3.05. The Morgan fingerprint density at radius 3 is 2.94 bits per heavy atom. The van der Waals surface area contributed by atoms with E-state index in [-0.39, 0.29) is 0 Å². The highest BCUT2D eigenvalue weighted by Crippen LogP contribution is 2.20. The van der Waals surface area contributed by atoms with Crippen LogP contribution in [0.3, 0.4) is 0 Å². The van der Waals surface area contributed by atoms with Gasteiger partial charge in [0, 0.05) is 22.7 Å². The molecule has 1 N–H and O–H groups in total. The number of rotatable bonds is 1. The van der Waals surface area contributed by atoms with Crippen molar-refractivity contribution < 1.29 is 0 Å². The third-order valence-electron chi connectivity index (χ3n) is 3.00. The molecule has 0 aliphatic heterocycles. The molecule has 0 saturated carbocycles. The van der Waals surface area contributed by atoms with Gasteiger partial charge in [0.1, 0.15) is 0 Å². The highest BCUT2D eigenvalue weighted by atomic mass is 32.1. The number of hydrogen-bond donors (Lipinski definition) is 1. The molecule has 0 aliphatic rings. The molecular formula is C16H13NS. The van der Waals surface area contributed by atoms with Crippen molar-refractivity contribution in [2.24, 2.45) is 0 Å². The highest BCUT2D eigenvalue weighted by Gasteiger charge is 2.01. The van der Waals surface area contributed by atoms with Crippen LogP contribution in [0.1, 0.15) is 22.9 Å². The number of aryl methyl sites for hydroxylation is 1. The van der Waals surface area contributed by atoms with Crippen molar-refractivity contribution in [2.75, 3.05) is 0 Å².